The van der Waals surface area contributed by atoms with E-state index in [-0.39, 0.29) is 18.9 Å². The van der Waals surface area contributed by atoms with Crippen molar-refractivity contribution >= 4 is 18.0 Å². The number of likely N-dealkylation sites (N-methyl/N-ethyl adjacent to an activating group) is 1. The lowest BCUT2D eigenvalue weighted by atomic mass is 10.1. The summed E-state index contributed by atoms with van der Waals surface area (Å²) in [5.41, 5.74) is 6.90. The minimum absolute atomic E-state index is 0.0396. The van der Waals surface area contributed by atoms with Crippen molar-refractivity contribution in [2.75, 3.05) is 20.1 Å². The molecule has 0 saturated heterocycles. The molecule has 0 saturated carbocycles. The number of carbonyl (C=O) groups is 3. The third kappa shape index (κ3) is 14.9. The molecule has 9 heteroatoms. The topological polar surface area (TPSA) is 123 Å². The molecule has 0 aromatic carbocycles. The van der Waals surface area contributed by atoms with Crippen LogP contribution in [-0.2, 0) is 19.1 Å². The molecular formula is C18H36N4O5. The van der Waals surface area contributed by atoms with Crippen molar-refractivity contribution in [2.45, 2.75) is 78.0 Å². The fraction of sp³-hybridized carbons (Fsp3) is 0.833. The van der Waals surface area contributed by atoms with E-state index >= 15 is 0 Å². The number of amides is 2. The minimum atomic E-state index is -0.627. The molecular weight excluding hydrogens is 352 g/mol. The zero-order valence-corrected chi connectivity index (χ0v) is 17.7. The second-order valence-corrected chi connectivity index (χ2v) is 8.46. The number of nitrogens with two attached hydrogens (primary N) is 1. The monoisotopic (exact) mass is 388 g/mol. The van der Waals surface area contributed by atoms with Crippen molar-refractivity contribution < 1.29 is 23.9 Å². The molecule has 0 aromatic rings. The first-order chi connectivity index (χ1) is 12.2. The maximum Gasteiger partial charge on any atom is 0.407 e. The Kier molecular flexibility index (Phi) is 10.3. The van der Waals surface area contributed by atoms with Crippen LogP contribution in [0.2, 0.25) is 0 Å². The Bertz CT molecular complexity index is 497. The maximum absolute atomic E-state index is 12.2. The number of rotatable bonds is 9. The van der Waals surface area contributed by atoms with Gasteiger partial charge >= 0.3 is 12.1 Å². The third-order valence-corrected chi connectivity index (χ3v) is 3.01. The van der Waals surface area contributed by atoms with Crippen LogP contribution in [0.1, 0.15) is 60.8 Å². The molecule has 0 spiro atoms. The maximum atomic E-state index is 12.2. The molecule has 0 aliphatic carbocycles. The van der Waals surface area contributed by atoms with E-state index < -0.39 is 29.3 Å². The average molecular weight is 389 g/mol. The Morgan fingerprint density at radius 1 is 1.04 bits per heavy atom. The van der Waals surface area contributed by atoms with E-state index in [0.717, 1.165) is 0 Å². The van der Waals surface area contributed by atoms with Crippen LogP contribution < -0.4 is 16.5 Å². The molecule has 0 fully saturated rings. The van der Waals surface area contributed by atoms with Gasteiger partial charge in [0.15, 0.2) is 0 Å². The normalized spacial score (nSPS) is 13.1. The smallest absolute Gasteiger partial charge is 0.407 e. The zero-order valence-electron chi connectivity index (χ0n) is 17.7. The number of esters is 1. The molecule has 1 atom stereocenters. The molecule has 0 aliphatic rings. The Balaban J connectivity index is 4.57. The van der Waals surface area contributed by atoms with Crippen LogP contribution in [0.15, 0.2) is 0 Å². The van der Waals surface area contributed by atoms with Crippen LogP contribution in [-0.4, -0.2) is 60.4 Å². The number of hydrazine groups is 1. The van der Waals surface area contributed by atoms with Crippen LogP contribution in [0.25, 0.3) is 0 Å². The van der Waals surface area contributed by atoms with E-state index in [2.05, 4.69) is 10.7 Å². The Morgan fingerprint density at radius 3 is 2.07 bits per heavy atom. The summed E-state index contributed by atoms with van der Waals surface area (Å²) in [6.45, 7) is 11.0. The molecule has 0 radical (unpaired) electrons. The number of nitrogens with zero attached hydrogens (tertiary/aromatic N) is 1. The first-order valence-corrected chi connectivity index (χ1v) is 9.14. The fourth-order valence-corrected chi connectivity index (χ4v) is 2.15. The quantitative estimate of drug-likeness (QED) is 0.402. The Hall–Kier alpha value is -1.87. The van der Waals surface area contributed by atoms with Crippen molar-refractivity contribution in [2.24, 2.45) is 5.73 Å². The van der Waals surface area contributed by atoms with Crippen molar-refractivity contribution in [1.82, 2.24) is 15.8 Å². The van der Waals surface area contributed by atoms with E-state index in [1.54, 1.807) is 48.6 Å². The highest BCUT2D eigenvalue weighted by Crippen LogP contribution is 2.09. The van der Waals surface area contributed by atoms with Crippen molar-refractivity contribution in [3.63, 3.8) is 0 Å². The molecule has 0 rings (SSSR count). The van der Waals surface area contributed by atoms with Gasteiger partial charge in [0.2, 0.25) is 5.91 Å². The lowest BCUT2D eigenvalue weighted by Gasteiger charge is -2.25. The molecule has 0 aliphatic heterocycles. The van der Waals surface area contributed by atoms with Gasteiger partial charge in [0, 0.05) is 19.5 Å². The number of carbonyl (C=O) groups excluding carboxylic acids is 3. The zero-order chi connectivity index (χ0) is 21.3. The predicted molar refractivity (Wildman–Crippen MR) is 103 cm³/mol. The van der Waals surface area contributed by atoms with Gasteiger partial charge < -0.3 is 20.5 Å². The van der Waals surface area contributed by atoms with Crippen LogP contribution in [0.4, 0.5) is 4.79 Å². The molecule has 27 heavy (non-hydrogen) atoms. The molecule has 0 aromatic heterocycles. The second kappa shape index (κ2) is 11.1. The van der Waals surface area contributed by atoms with Gasteiger partial charge in [0.25, 0.3) is 0 Å². The highest BCUT2D eigenvalue weighted by atomic mass is 16.6. The number of hydrogen-bond donors (Lipinski definition) is 3. The van der Waals surface area contributed by atoms with Crippen LogP contribution >= 0.6 is 0 Å². The molecule has 2 amide bonds. The van der Waals surface area contributed by atoms with Gasteiger partial charge in [-0.3, -0.25) is 15.0 Å². The SMILES string of the molecule is CN(CC(=O)OC(C)(C)C)NC(=O)CC(CCCN)NC(=O)OC(C)(C)C. The predicted octanol–water partition coefficient (Wildman–Crippen LogP) is 1.31. The van der Waals surface area contributed by atoms with Gasteiger partial charge in [-0.25, -0.2) is 9.80 Å². The summed E-state index contributed by atoms with van der Waals surface area (Å²) in [7, 11) is 1.57. The van der Waals surface area contributed by atoms with E-state index in [4.69, 9.17) is 15.2 Å². The summed E-state index contributed by atoms with van der Waals surface area (Å²) in [6.07, 6.45) is 0.651. The number of hydrogen-bond acceptors (Lipinski definition) is 7. The number of nitrogens with one attached hydrogen (secondary N) is 2. The minimum Gasteiger partial charge on any atom is -0.459 e. The van der Waals surface area contributed by atoms with Gasteiger partial charge in [0.1, 0.15) is 17.7 Å². The van der Waals surface area contributed by atoms with E-state index in [1.807, 2.05) is 0 Å². The number of alkyl carbamates (subject to hydrolysis) is 1. The molecule has 0 bridgehead atoms. The van der Waals surface area contributed by atoms with Crippen molar-refractivity contribution in [3.8, 4) is 0 Å². The highest BCUT2D eigenvalue weighted by molar-refractivity contribution is 5.78. The molecule has 1 unspecified atom stereocenters. The average Bonchev–Trinajstić information content (AvgIpc) is 2.39. The van der Waals surface area contributed by atoms with E-state index in [1.165, 1.54) is 5.01 Å². The molecule has 4 N–H and O–H groups in total. The van der Waals surface area contributed by atoms with Gasteiger partial charge in [-0.05, 0) is 60.9 Å². The second-order valence-electron chi connectivity index (χ2n) is 8.46. The van der Waals surface area contributed by atoms with Gasteiger partial charge in [-0.2, -0.15) is 0 Å². The molecule has 0 heterocycles. The van der Waals surface area contributed by atoms with Crippen LogP contribution in [0.3, 0.4) is 0 Å². The Labute approximate surface area is 162 Å². The third-order valence-electron chi connectivity index (χ3n) is 3.01. The van der Waals surface area contributed by atoms with E-state index in [9.17, 15) is 14.4 Å². The van der Waals surface area contributed by atoms with Crippen molar-refractivity contribution in [1.29, 1.82) is 0 Å². The lowest BCUT2D eigenvalue weighted by Crippen LogP contribution is -2.47. The first-order valence-electron chi connectivity index (χ1n) is 9.14. The fourth-order valence-electron chi connectivity index (χ4n) is 2.15. The van der Waals surface area contributed by atoms with Crippen molar-refractivity contribution in [3.05, 3.63) is 0 Å². The van der Waals surface area contributed by atoms with E-state index in [0.29, 0.717) is 19.4 Å². The summed E-state index contributed by atoms with van der Waals surface area (Å²) in [5.74, 6) is -0.781. The van der Waals surface area contributed by atoms with Gasteiger partial charge in [-0.1, -0.05) is 0 Å². The van der Waals surface area contributed by atoms with Gasteiger partial charge in [-0.15, -0.1) is 0 Å². The molecule has 9 nitrogen and oxygen atoms in total. The molecule has 158 valence electrons. The summed E-state index contributed by atoms with van der Waals surface area (Å²) in [6, 6.07) is -0.418. The van der Waals surface area contributed by atoms with Gasteiger partial charge in [0.05, 0.1) is 0 Å². The lowest BCUT2D eigenvalue weighted by molar-refractivity contribution is -0.156. The highest BCUT2D eigenvalue weighted by Gasteiger charge is 2.22. The summed E-state index contributed by atoms with van der Waals surface area (Å²) in [4.78, 5) is 36.0. The van der Waals surface area contributed by atoms with Crippen LogP contribution in [0.5, 0.6) is 0 Å². The van der Waals surface area contributed by atoms with Crippen LogP contribution in [0, 0.1) is 0 Å². The first kappa shape index (κ1) is 25.1. The standard InChI is InChI=1S/C18H36N4O5/c1-17(2,3)26-15(24)12-22(7)21-14(23)11-13(9-8-10-19)20-16(25)27-18(4,5)6/h13H,8-12,19H2,1-7H3,(H,20,25)(H,21,23). The summed E-state index contributed by atoms with van der Waals surface area (Å²) < 4.78 is 10.4. The number of ether oxygens (including phenoxy) is 2. The Morgan fingerprint density at radius 2 is 1.59 bits per heavy atom. The summed E-state index contributed by atoms with van der Waals surface area (Å²) in [5, 5.41) is 4.05. The largest absolute Gasteiger partial charge is 0.459 e. The summed E-state index contributed by atoms with van der Waals surface area (Å²) >= 11 is 0.